The van der Waals surface area contributed by atoms with Gasteiger partial charge in [-0.1, -0.05) is 25.6 Å². The molecule has 6 nitrogen and oxygen atoms in total. The van der Waals surface area contributed by atoms with Crippen LogP contribution in [0.15, 0.2) is 35.7 Å². The highest BCUT2D eigenvalue weighted by Crippen LogP contribution is 2.26. The molecule has 1 atom stereocenters. The number of carbonyl (C=O) groups is 2. The zero-order chi connectivity index (χ0) is 18.6. The van der Waals surface area contributed by atoms with Crippen molar-refractivity contribution < 1.29 is 9.59 Å². The van der Waals surface area contributed by atoms with Gasteiger partial charge in [-0.05, 0) is 45.0 Å². The predicted molar refractivity (Wildman–Crippen MR) is 100.0 cm³/mol. The lowest BCUT2D eigenvalue weighted by atomic mass is 10.1. The number of rotatable bonds is 7. The largest absolute Gasteiger partial charge is 0.326 e. The highest BCUT2D eigenvalue weighted by atomic mass is 32.2. The van der Waals surface area contributed by atoms with Crippen LogP contribution < -0.4 is 5.32 Å². The summed E-state index contributed by atoms with van der Waals surface area (Å²) in [6.07, 6.45) is 1.68. The second-order valence-corrected chi connectivity index (χ2v) is 7.77. The van der Waals surface area contributed by atoms with Crippen LogP contribution in [0, 0.1) is 5.92 Å². The minimum absolute atomic E-state index is 0.0186. The second kappa shape index (κ2) is 8.29. The van der Waals surface area contributed by atoms with Crippen molar-refractivity contribution in [2.75, 3.05) is 5.32 Å². The zero-order valence-corrected chi connectivity index (χ0v) is 16.0. The van der Waals surface area contributed by atoms with Gasteiger partial charge < -0.3 is 9.88 Å². The van der Waals surface area contributed by atoms with Crippen LogP contribution in [0.2, 0.25) is 0 Å². The van der Waals surface area contributed by atoms with Gasteiger partial charge in [0.2, 0.25) is 5.91 Å². The molecule has 0 radical (unpaired) electrons. The molecule has 1 aromatic heterocycles. The number of hydrogen-bond donors (Lipinski definition) is 1. The summed E-state index contributed by atoms with van der Waals surface area (Å²) in [6.45, 7) is 9.62. The van der Waals surface area contributed by atoms with Gasteiger partial charge >= 0.3 is 0 Å². The van der Waals surface area contributed by atoms with E-state index >= 15 is 0 Å². The predicted octanol–water partition coefficient (Wildman–Crippen LogP) is 3.82. The third-order valence-electron chi connectivity index (χ3n) is 3.71. The minimum Gasteiger partial charge on any atom is -0.326 e. The van der Waals surface area contributed by atoms with Crippen molar-refractivity contribution in [3.05, 3.63) is 36.2 Å². The van der Waals surface area contributed by atoms with Crippen molar-refractivity contribution in [2.24, 2.45) is 5.92 Å². The molecule has 0 aliphatic carbocycles. The first kappa shape index (κ1) is 19.2. The number of benzene rings is 1. The maximum Gasteiger partial charge on any atom is 0.226 e. The van der Waals surface area contributed by atoms with Crippen LogP contribution >= 0.6 is 11.8 Å². The molecule has 0 aliphatic rings. The summed E-state index contributed by atoms with van der Waals surface area (Å²) in [5, 5.41) is 11.3. The molecular formula is C18H24N4O2S. The summed E-state index contributed by atoms with van der Waals surface area (Å²) in [5.41, 5.74) is 1.30. The Morgan fingerprint density at radius 1 is 1.08 bits per heavy atom. The van der Waals surface area contributed by atoms with Gasteiger partial charge in [0, 0.05) is 23.2 Å². The first-order valence-electron chi connectivity index (χ1n) is 8.31. The number of thioether (sulfide) groups is 1. The van der Waals surface area contributed by atoms with E-state index in [2.05, 4.69) is 15.5 Å². The van der Waals surface area contributed by atoms with E-state index in [9.17, 15) is 9.59 Å². The number of ketones is 1. The maximum atomic E-state index is 12.6. The molecule has 1 unspecified atom stereocenters. The number of amides is 1. The van der Waals surface area contributed by atoms with Crippen LogP contribution in [-0.4, -0.2) is 31.7 Å². The first-order chi connectivity index (χ1) is 11.8. The number of nitrogens with zero attached hydrogens (tertiary/aromatic N) is 3. The van der Waals surface area contributed by atoms with Gasteiger partial charge in [0.25, 0.3) is 0 Å². The quantitative estimate of drug-likeness (QED) is 0.600. The SMILES string of the molecule is CC(C)C(=O)Nc1ccc(C(=O)C(C)Sc2nncn2C(C)C)cc1. The second-order valence-electron chi connectivity index (χ2n) is 6.46. The molecule has 0 aliphatic heterocycles. The van der Waals surface area contributed by atoms with E-state index in [0.29, 0.717) is 11.3 Å². The highest BCUT2D eigenvalue weighted by molar-refractivity contribution is 8.00. The summed E-state index contributed by atoms with van der Waals surface area (Å²) in [4.78, 5) is 24.3. The Labute approximate surface area is 152 Å². The van der Waals surface area contributed by atoms with E-state index in [0.717, 1.165) is 5.16 Å². The number of nitrogens with one attached hydrogen (secondary N) is 1. The molecule has 25 heavy (non-hydrogen) atoms. The van der Waals surface area contributed by atoms with Gasteiger partial charge in [-0.25, -0.2) is 0 Å². The lowest BCUT2D eigenvalue weighted by Crippen LogP contribution is -2.18. The van der Waals surface area contributed by atoms with Gasteiger partial charge in [0.05, 0.1) is 5.25 Å². The van der Waals surface area contributed by atoms with Crippen LogP contribution in [0.25, 0.3) is 0 Å². The standard InChI is InChI=1S/C18H24N4O2S/c1-11(2)17(24)20-15-8-6-14(7-9-15)16(23)13(5)25-18-21-19-10-22(18)12(3)4/h6-13H,1-5H3,(H,20,24). The number of hydrogen-bond acceptors (Lipinski definition) is 5. The fourth-order valence-corrected chi connectivity index (χ4v) is 3.15. The third-order valence-corrected chi connectivity index (χ3v) is 4.78. The highest BCUT2D eigenvalue weighted by Gasteiger charge is 2.20. The number of anilines is 1. The van der Waals surface area contributed by atoms with E-state index in [1.165, 1.54) is 11.8 Å². The van der Waals surface area contributed by atoms with Gasteiger partial charge in [-0.2, -0.15) is 0 Å². The summed E-state index contributed by atoms with van der Waals surface area (Å²) < 4.78 is 1.94. The van der Waals surface area contributed by atoms with Gasteiger partial charge in [-0.3, -0.25) is 9.59 Å². The van der Waals surface area contributed by atoms with E-state index in [-0.39, 0.29) is 28.9 Å². The smallest absolute Gasteiger partial charge is 0.226 e. The third kappa shape index (κ3) is 4.92. The maximum absolute atomic E-state index is 12.6. The fraction of sp³-hybridized carbons (Fsp3) is 0.444. The van der Waals surface area contributed by atoms with Crippen LogP contribution in [0.4, 0.5) is 5.69 Å². The Kier molecular flexibility index (Phi) is 6.36. The van der Waals surface area contributed by atoms with Crippen molar-refractivity contribution in [3.63, 3.8) is 0 Å². The molecule has 7 heteroatoms. The van der Waals surface area contributed by atoms with Crippen molar-refractivity contribution in [1.29, 1.82) is 0 Å². The molecule has 1 heterocycles. The summed E-state index contributed by atoms with van der Waals surface area (Å²) >= 11 is 1.40. The molecular weight excluding hydrogens is 336 g/mol. The molecule has 1 aromatic carbocycles. The normalized spacial score (nSPS) is 12.4. The molecule has 1 amide bonds. The Morgan fingerprint density at radius 3 is 2.28 bits per heavy atom. The fourth-order valence-electron chi connectivity index (χ4n) is 2.12. The molecule has 0 fully saturated rings. The first-order valence-corrected chi connectivity index (χ1v) is 9.19. The summed E-state index contributed by atoms with van der Waals surface area (Å²) in [7, 11) is 0. The van der Waals surface area contributed by atoms with Gasteiger partial charge in [0.15, 0.2) is 10.9 Å². The molecule has 1 N–H and O–H groups in total. The van der Waals surface area contributed by atoms with Crippen molar-refractivity contribution in [2.45, 2.75) is 51.1 Å². The van der Waals surface area contributed by atoms with Crippen LogP contribution in [-0.2, 0) is 4.79 Å². The Bertz CT molecular complexity index is 738. The summed E-state index contributed by atoms with van der Waals surface area (Å²) in [5.74, 6) is -0.114. The number of aromatic nitrogens is 3. The van der Waals surface area contributed by atoms with Gasteiger partial charge in [-0.15, -0.1) is 10.2 Å². The van der Waals surface area contributed by atoms with Crippen molar-refractivity contribution in [3.8, 4) is 0 Å². The Hall–Kier alpha value is -2.15. The molecule has 134 valence electrons. The Balaban J connectivity index is 2.04. The molecule has 2 rings (SSSR count). The molecule has 2 aromatic rings. The Morgan fingerprint density at radius 2 is 1.72 bits per heavy atom. The van der Waals surface area contributed by atoms with Gasteiger partial charge in [0.1, 0.15) is 6.33 Å². The van der Waals surface area contributed by atoms with Crippen LogP contribution in [0.5, 0.6) is 0 Å². The number of carbonyl (C=O) groups excluding carboxylic acids is 2. The van der Waals surface area contributed by atoms with E-state index in [1.54, 1.807) is 30.6 Å². The van der Waals surface area contributed by atoms with E-state index in [1.807, 2.05) is 39.2 Å². The lowest BCUT2D eigenvalue weighted by molar-refractivity contribution is -0.118. The molecule has 0 saturated carbocycles. The monoisotopic (exact) mass is 360 g/mol. The molecule has 0 bridgehead atoms. The average Bonchev–Trinajstić information content (AvgIpc) is 3.03. The van der Waals surface area contributed by atoms with Crippen LogP contribution in [0.1, 0.15) is 51.0 Å². The lowest BCUT2D eigenvalue weighted by Gasteiger charge is -2.13. The summed E-state index contributed by atoms with van der Waals surface area (Å²) in [6, 6.07) is 7.22. The molecule has 0 spiro atoms. The average molecular weight is 360 g/mol. The van der Waals surface area contributed by atoms with Crippen molar-refractivity contribution >= 4 is 29.1 Å². The van der Waals surface area contributed by atoms with Crippen molar-refractivity contribution in [1.82, 2.24) is 14.8 Å². The number of Topliss-reactive ketones (excluding diaryl/α,β-unsaturated/α-hetero) is 1. The van der Waals surface area contributed by atoms with E-state index < -0.39 is 0 Å². The molecule has 0 saturated heterocycles. The minimum atomic E-state index is -0.280. The van der Waals surface area contributed by atoms with E-state index in [4.69, 9.17) is 0 Å². The topological polar surface area (TPSA) is 76.9 Å². The van der Waals surface area contributed by atoms with Crippen LogP contribution in [0.3, 0.4) is 0 Å². The zero-order valence-electron chi connectivity index (χ0n) is 15.2.